The van der Waals surface area contributed by atoms with Crippen LogP contribution in [-0.2, 0) is 38.5 Å². The molecule has 24 heteroatoms. The number of phenolic OH excluding ortho intramolecular Hbond substituents is 6. The van der Waals surface area contributed by atoms with Gasteiger partial charge in [0, 0.05) is 115 Å². The second-order valence-corrected chi connectivity index (χ2v) is 42.4. The van der Waals surface area contributed by atoms with Crippen molar-refractivity contribution in [3.8, 4) is 69.0 Å². The number of aliphatic hydroxyl groups excluding tert-OH is 6. The number of hydrogen-bond donors (Lipinski definition) is 12. The van der Waals surface area contributed by atoms with E-state index in [4.69, 9.17) is 53.1 Å². The third-order valence-electron chi connectivity index (χ3n) is 30.3. The average molecular weight is 1850 g/mol. The van der Waals surface area contributed by atoms with Crippen LogP contribution < -0.4 is 28.4 Å². The molecule has 18 rings (SSSR count). The lowest BCUT2D eigenvalue weighted by atomic mass is 9.79. The van der Waals surface area contributed by atoms with Gasteiger partial charge in [-0.2, -0.15) is 0 Å². The van der Waals surface area contributed by atoms with Gasteiger partial charge in [0.1, 0.15) is 0 Å². The van der Waals surface area contributed by atoms with Crippen LogP contribution in [0.2, 0.25) is 0 Å². The zero-order valence-corrected chi connectivity index (χ0v) is 79.5. The van der Waals surface area contributed by atoms with E-state index in [0.717, 1.165) is 222 Å². The molecule has 24 nitrogen and oxygen atoms in total. The van der Waals surface area contributed by atoms with Crippen molar-refractivity contribution in [1.29, 1.82) is 0 Å². The number of benzene rings is 6. The second kappa shape index (κ2) is 45.2. The van der Waals surface area contributed by atoms with Crippen molar-refractivity contribution in [2.75, 3.05) is 121 Å². The van der Waals surface area contributed by atoms with Gasteiger partial charge in [-0.05, 0) is 326 Å². The summed E-state index contributed by atoms with van der Waals surface area (Å²) < 4.78 is 160. The molecular weight excluding hydrogens is 1670 g/mol. The van der Waals surface area contributed by atoms with Crippen molar-refractivity contribution >= 4 is 0 Å². The summed E-state index contributed by atoms with van der Waals surface area (Å²) in [6.07, 6.45) is 12.4. The Morgan fingerprint density at radius 3 is 0.561 bits per heavy atom. The second-order valence-electron chi connectivity index (χ2n) is 42.4. The summed E-state index contributed by atoms with van der Waals surface area (Å²) in [5.74, 6) is 4.00. The molecule has 12 aliphatic rings. The summed E-state index contributed by atoms with van der Waals surface area (Å²) in [5, 5.41) is 124. The highest BCUT2D eigenvalue weighted by Gasteiger charge is 2.46. The molecule has 0 spiro atoms. The van der Waals surface area contributed by atoms with Crippen molar-refractivity contribution in [3.63, 3.8) is 0 Å². The smallest absolute Gasteiger partial charge is 0.160 e. The van der Waals surface area contributed by atoms with Gasteiger partial charge < -0.3 is 89.7 Å². The van der Waals surface area contributed by atoms with E-state index in [1.165, 1.54) is 0 Å². The Bertz CT molecular complexity index is 4950. The monoisotopic (exact) mass is 1850 g/mol. The molecule has 6 fully saturated rings. The van der Waals surface area contributed by atoms with Gasteiger partial charge in [0.05, 0.1) is 104 Å². The van der Waals surface area contributed by atoms with Crippen LogP contribution in [-0.4, -0.2) is 248 Å². The van der Waals surface area contributed by atoms with Gasteiger partial charge in [-0.1, -0.05) is 83.1 Å². The van der Waals surface area contributed by atoms with Crippen LogP contribution in [0.25, 0.3) is 0 Å². The van der Waals surface area contributed by atoms with E-state index < -0.39 is 42.2 Å². The molecule has 0 aromatic heterocycles. The van der Waals surface area contributed by atoms with Crippen LogP contribution in [0.15, 0.2) is 72.8 Å². The van der Waals surface area contributed by atoms with E-state index in [9.17, 15) is 61.3 Å². The first-order valence-corrected chi connectivity index (χ1v) is 48.6. The lowest BCUT2D eigenvalue weighted by Gasteiger charge is -2.46. The maximum Gasteiger partial charge on any atom is 0.160 e. The Kier molecular flexibility index (Phi) is 27.2. The van der Waals surface area contributed by atoms with E-state index in [1.807, 2.05) is 0 Å². The average Bonchev–Trinajstić information content (AvgIpc) is 0.783. The first-order valence-electron chi connectivity index (χ1n) is 57.6. The molecule has 0 saturated carbocycles. The largest absolute Gasteiger partial charge is 0.504 e. The van der Waals surface area contributed by atoms with Crippen LogP contribution in [0.5, 0.6) is 69.0 Å². The molecule has 0 amide bonds. The Labute approximate surface area is 812 Å². The highest BCUT2D eigenvalue weighted by molar-refractivity contribution is 5.54. The third kappa shape index (κ3) is 24.0. The summed E-state index contributed by atoms with van der Waals surface area (Å²) in [4.78, 5) is 14.3. The molecule has 12 N–H and O–H groups in total. The van der Waals surface area contributed by atoms with Crippen LogP contribution in [0.4, 0.5) is 0 Å². The minimum absolute atomic E-state index is 0.00115. The first-order chi connectivity index (χ1) is 69.8. The molecule has 0 unspecified atom stereocenters. The fraction of sp³-hybridized carbons (Fsp3) is 0.667. The molecule has 6 saturated heterocycles. The Morgan fingerprint density at radius 1 is 0.242 bits per heavy atom. The van der Waals surface area contributed by atoms with Crippen LogP contribution in [0.1, 0.15) is 288 Å². The van der Waals surface area contributed by atoms with Gasteiger partial charge in [0.25, 0.3) is 0 Å². The molecule has 12 heterocycles. The summed E-state index contributed by atoms with van der Waals surface area (Å²) in [6.45, 7) is 36.5. The van der Waals surface area contributed by atoms with E-state index >= 15 is 0 Å². The molecule has 0 bridgehead atoms. The molecule has 732 valence electrons. The number of piperidine rings is 6. The number of nitrogens with zero attached hydrogens (tertiary/aromatic N) is 6. The number of fused-ring (bicyclic) bond motifs is 18. The summed E-state index contributed by atoms with van der Waals surface area (Å²) in [5.41, 5.74) is 11.8. The van der Waals surface area contributed by atoms with E-state index in [1.54, 1.807) is 72.8 Å². The van der Waals surface area contributed by atoms with E-state index in [2.05, 4.69) is 112 Å². The summed E-state index contributed by atoms with van der Waals surface area (Å²) >= 11 is 0. The maximum atomic E-state index is 10.6. The van der Waals surface area contributed by atoms with Gasteiger partial charge in [0.2, 0.25) is 0 Å². The third-order valence-corrected chi connectivity index (χ3v) is 30.3. The van der Waals surface area contributed by atoms with Crippen molar-refractivity contribution in [3.05, 3.63) is 140 Å². The Balaban J connectivity index is 0.000000150. The van der Waals surface area contributed by atoms with Crippen molar-refractivity contribution < 1.29 is 114 Å². The molecule has 132 heavy (non-hydrogen) atoms. The van der Waals surface area contributed by atoms with Gasteiger partial charge in [0.15, 0.2) is 69.0 Å². The fourth-order valence-corrected chi connectivity index (χ4v) is 24.2. The van der Waals surface area contributed by atoms with Crippen LogP contribution >= 0.6 is 0 Å². The quantitative estimate of drug-likeness (QED) is 0.0380. The molecule has 12 aliphatic heterocycles. The van der Waals surface area contributed by atoms with E-state index in [0.29, 0.717) is 74.0 Å². The Morgan fingerprint density at radius 2 is 0.394 bits per heavy atom. The molecule has 0 radical (unpaired) electrons. The van der Waals surface area contributed by atoms with Crippen LogP contribution in [0, 0.1) is 71.0 Å². The standard InChI is InChI=1S/6C18H27NO3/c2*1-11(2)6-13-10-19-5-4-12-7-18(22-3)17(21)8-14(12)15(19)9-16(13)20;4*1-11(2)6-13-10-19-5-4-12-7-17(21)18(22-3)8-14(12)15(19)9-16(13)20/h6*7-8,11,13,15-16,20-21H,4-6,9-10H2,1-3H3/t4*13-,15-,16+;2*13-,15-,16-/m101010/s1/i6*3D3. The Hall–Kier alpha value is -7.56. The van der Waals surface area contributed by atoms with E-state index in [-0.39, 0.29) is 177 Å². The highest BCUT2D eigenvalue weighted by Crippen LogP contribution is 2.52. The summed E-state index contributed by atoms with van der Waals surface area (Å²) in [6, 6.07) is 19.8. The zero-order valence-electron chi connectivity index (χ0n) is 97.5. The predicted molar refractivity (Wildman–Crippen MR) is 517 cm³/mol. The van der Waals surface area contributed by atoms with Crippen molar-refractivity contribution in [2.24, 2.45) is 71.0 Å². The van der Waals surface area contributed by atoms with Crippen molar-refractivity contribution in [1.82, 2.24) is 29.4 Å². The lowest BCUT2D eigenvalue weighted by Crippen LogP contribution is -2.48. The minimum atomic E-state index is -2.60. The minimum Gasteiger partial charge on any atom is -0.504 e. The number of ether oxygens (including phenoxy) is 6. The topological polar surface area (TPSA) is 318 Å². The summed E-state index contributed by atoms with van der Waals surface area (Å²) in [7, 11) is -15.6. The van der Waals surface area contributed by atoms with Crippen molar-refractivity contribution in [2.45, 2.75) is 272 Å². The van der Waals surface area contributed by atoms with Crippen LogP contribution in [0.3, 0.4) is 0 Å². The maximum absolute atomic E-state index is 10.6. The predicted octanol–water partition coefficient (Wildman–Crippen LogP) is 16.4. The molecule has 6 aromatic carbocycles. The molecule has 6 aromatic rings. The molecule has 18 atom stereocenters. The lowest BCUT2D eigenvalue weighted by molar-refractivity contribution is -0.0192. The number of aromatic hydroxyl groups is 6. The number of methoxy groups -OCH3 is 6. The number of phenols is 6. The number of aliphatic hydroxyl groups is 6. The van der Waals surface area contributed by atoms with Gasteiger partial charge in [-0.3, -0.25) is 29.4 Å². The normalized spacial score (nSPS) is 30.9. The molecule has 0 aliphatic carbocycles. The SMILES string of the molecule is [2H]C([2H])([2H])Oc1cc2c(cc1O)CCN1C[C@@H](CC(C)C)[C@@H](O)C[C@H]21.[2H]C([2H])([2H])Oc1cc2c(cc1O)CCN1C[C@@H](CC(C)C)[C@H](O)C[C@H]21.[2H]C([2H])([2H])Oc1cc2c(cc1O)CCN1C[C@H](CC(C)C)[C@@H](O)C[C@@H]21.[2H]C([2H])([2H])Oc1cc2c(cc1O)CCN1C[C@H](CC(C)C)[C@H](O)C[C@@H]21.[2H]C([2H])([2H])Oc1cc2c(cc1O)[C@@H]1C[C@@H](O)[C@@H](CC(C)C)CN1CC2.[2H]C([2H])([2H])Oc1cc2c(cc1O)[C@H]1C[C@H](O)[C@H](CC(C)C)CN1CC2. The zero-order chi connectivity index (χ0) is 110. The number of hydrogen-bond acceptors (Lipinski definition) is 24. The first kappa shape index (κ1) is 79.5. The molecular formula is C108H162N6O18. The van der Waals surface area contributed by atoms with Gasteiger partial charge >= 0.3 is 0 Å². The number of rotatable bonds is 18. The fourth-order valence-electron chi connectivity index (χ4n) is 24.2. The van der Waals surface area contributed by atoms with Gasteiger partial charge in [-0.15, -0.1) is 0 Å². The highest BCUT2D eigenvalue weighted by atomic mass is 16.5. The van der Waals surface area contributed by atoms with Gasteiger partial charge in [-0.25, -0.2) is 0 Å².